The molecule has 2 aromatic rings. The number of halogens is 1. The average molecular weight is 372 g/mol. The summed E-state index contributed by atoms with van der Waals surface area (Å²) in [6.45, 7) is 0.471. The number of ketones is 1. The fourth-order valence-electron chi connectivity index (χ4n) is 2.04. The largest absolute Gasteiger partial charge is 0.454 e. The molecule has 0 unspecified atom stereocenters. The molecule has 0 aliphatic carbocycles. The molecule has 0 fully saturated rings. The van der Waals surface area contributed by atoms with E-state index in [1.807, 2.05) is 0 Å². The molecule has 2 amide bonds. The van der Waals surface area contributed by atoms with Gasteiger partial charge in [-0.3, -0.25) is 19.2 Å². The van der Waals surface area contributed by atoms with Crippen molar-refractivity contribution in [3.8, 4) is 0 Å². The maximum Gasteiger partial charge on any atom is 0.325 e. The van der Waals surface area contributed by atoms with Gasteiger partial charge in [-0.15, -0.1) is 0 Å². The van der Waals surface area contributed by atoms with Crippen LogP contribution in [-0.4, -0.2) is 36.7 Å². The fourth-order valence-corrected chi connectivity index (χ4v) is 2.04. The number of anilines is 1. The summed E-state index contributed by atoms with van der Waals surface area (Å²) in [7, 11) is 0. The van der Waals surface area contributed by atoms with Gasteiger partial charge in [0.05, 0.1) is 0 Å². The number of hydrogen-bond acceptors (Lipinski definition) is 5. The minimum absolute atomic E-state index is 0.0931. The lowest BCUT2D eigenvalue weighted by Crippen LogP contribution is -2.32. The maximum absolute atomic E-state index is 12.8. The molecule has 0 atom stereocenters. The van der Waals surface area contributed by atoms with Crippen LogP contribution in [0.5, 0.6) is 0 Å². The van der Waals surface area contributed by atoms with E-state index in [0.29, 0.717) is 11.3 Å². The van der Waals surface area contributed by atoms with Crippen molar-refractivity contribution in [1.82, 2.24) is 5.32 Å². The van der Waals surface area contributed by atoms with Crippen LogP contribution in [0.1, 0.15) is 27.6 Å². The molecule has 0 heterocycles. The van der Waals surface area contributed by atoms with E-state index in [9.17, 15) is 23.6 Å². The first-order chi connectivity index (χ1) is 12.8. The van der Waals surface area contributed by atoms with Gasteiger partial charge >= 0.3 is 5.97 Å². The number of benzene rings is 2. The van der Waals surface area contributed by atoms with Crippen LogP contribution < -0.4 is 10.6 Å². The quantitative estimate of drug-likeness (QED) is 0.571. The summed E-state index contributed by atoms with van der Waals surface area (Å²) in [4.78, 5) is 46.3. The molecule has 0 bridgehead atoms. The Morgan fingerprint density at radius 1 is 0.926 bits per heavy atom. The second kappa shape index (κ2) is 9.23. The molecule has 0 spiro atoms. The minimum atomic E-state index is -0.799. The number of Topliss-reactive ketones (excluding diaryl/α,β-unsaturated/α-hetero) is 1. The van der Waals surface area contributed by atoms with Crippen molar-refractivity contribution in [2.75, 3.05) is 18.5 Å². The minimum Gasteiger partial charge on any atom is -0.454 e. The molecule has 0 aliphatic rings. The van der Waals surface area contributed by atoms with Gasteiger partial charge in [0.25, 0.3) is 11.8 Å². The highest BCUT2D eigenvalue weighted by molar-refractivity contribution is 5.97. The van der Waals surface area contributed by atoms with E-state index in [0.717, 1.165) is 12.1 Å². The molecule has 0 radical (unpaired) electrons. The van der Waals surface area contributed by atoms with Gasteiger partial charge in [-0.25, -0.2) is 4.39 Å². The Kier molecular flexibility index (Phi) is 6.76. The molecule has 8 heteroatoms. The number of rotatable bonds is 7. The zero-order valence-electron chi connectivity index (χ0n) is 14.5. The van der Waals surface area contributed by atoms with Crippen molar-refractivity contribution in [2.45, 2.75) is 6.92 Å². The van der Waals surface area contributed by atoms with Crippen LogP contribution >= 0.6 is 0 Å². The molecule has 7 nitrogen and oxygen atoms in total. The molecule has 27 heavy (non-hydrogen) atoms. The van der Waals surface area contributed by atoms with Crippen LogP contribution in [0.3, 0.4) is 0 Å². The lowest BCUT2D eigenvalue weighted by atomic mass is 10.1. The van der Waals surface area contributed by atoms with Crippen molar-refractivity contribution < 1.29 is 28.3 Å². The normalized spacial score (nSPS) is 10.0. The zero-order valence-corrected chi connectivity index (χ0v) is 14.5. The summed E-state index contributed by atoms with van der Waals surface area (Å²) in [6.07, 6.45) is 0. The number of carbonyl (C=O) groups excluding carboxylic acids is 4. The van der Waals surface area contributed by atoms with Gasteiger partial charge in [-0.05, 0) is 55.5 Å². The number of ether oxygens (including phenoxy) is 1. The van der Waals surface area contributed by atoms with E-state index in [4.69, 9.17) is 4.74 Å². The smallest absolute Gasteiger partial charge is 0.325 e. The van der Waals surface area contributed by atoms with Crippen LogP contribution in [-0.2, 0) is 14.3 Å². The third kappa shape index (κ3) is 6.35. The number of amides is 2. The van der Waals surface area contributed by atoms with Crippen LogP contribution in [0.15, 0.2) is 48.5 Å². The first kappa shape index (κ1) is 19.8. The van der Waals surface area contributed by atoms with Crippen molar-refractivity contribution in [1.29, 1.82) is 0 Å². The van der Waals surface area contributed by atoms with Crippen LogP contribution in [0, 0.1) is 5.82 Å². The van der Waals surface area contributed by atoms with E-state index >= 15 is 0 Å². The summed E-state index contributed by atoms with van der Waals surface area (Å²) in [6, 6.07) is 11.0. The summed E-state index contributed by atoms with van der Waals surface area (Å²) in [5.41, 5.74) is 1.15. The SMILES string of the molecule is CC(=O)c1ccc(NC(=O)COC(=O)CNC(=O)c2ccc(F)cc2)cc1. The average Bonchev–Trinajstić information content (AvgIpc) is 2.65. The molecule has 0 aliphatic heterocycles. The molecule has 0 aromatic heterocycles. The Balaban J connectivity index is 1.72. The second-order valence-corrected chi connectivity index (χ2v) is 5.53. The van der Waals surface area contributed by atoms with E-state index in [1.54, 1.807) is 24.3 Å². The van der Waals surface area contributed by atoms with Gasteiger partial charge in [0.15, 0.2) is 12.4 Å². The molecule has 2 N–H and O–H groups in total. The van der Waals surface area contributed by atoms with E-state index < -0.39 is 36.8 Å². The third-order valence-corrected chi connectivity index (χ3v) is 3.44. The molecule has 140 valence electrons. The highest BCUT2D eigenvalue weighted by Gasteiger charge is 2.11. The van der Waals surface area contributed by atoms with E-state index in [-0.39, 0.29) is 11.3 Å². The molecular formula is C19H17FN2O5. The van der Waals surface area contributed by atoms with Crippen molar-refractivity contribution >= 4 is 29.3 Å². The zero-order chi connectivity index (χ0) is 19.8. The highest BCUT2D eigenvalue weighted by atomic mass is 19.1. The van der Waals surface area contributed by atoms with Gasteiger partial charge in [0.2, 0.25) is 0 Å². The predicted molar refractivity (Wildman–Crippen MR) is 94.8 cm³/mol. The van der Waals surface area contributed by atoms with Gasteiger partial charge in [-0.2, -0.15) is 0 Å². The molecule has 0 saturated heterocycles. The van der Waals surface area contributed by atoms with Crippen molar-refractivity contribution in [3.63, 3.8) is 0 Å². The van der Waals surface area contributed by atoms with Gasteiger partial charge in [0, 0.05) is 16.8 Å². The van der Waals surface area contributed by atoms with Crippen molar-refractivity contribution in [3.05, 3.63) is 65.5 Å². The Hall–Kier alpha value is -3.55. The summed E-state index contributed by atoms with van der Waals surface area (Å²) in [5.74, 6) is -2.50. The second-order valence-electron chi connectivity index (χ2n) is 5.53. The van der Waals surface area contributed by atoms with Crippen molar-refractivity contribution in [2.24, 2.45) is 0 Å². The summed E-state index contributed by atoms with van der Waals surface area (Å²) >= 11 is 0. The lowest BCUT2D eigenvalue weighted by molar-refractivity contribution is -0.146. The standard InChI is InChI=1S/C19H17FN2O5/c1-12(23)13-4-8-16(9-5-13)22-17(24)11-27-18(25)10-21-19(26)14-2-6-15(20)7-3-14/h2-9H,10-11H2,1H3,(H,21,26)(H,22,24). The van der Waals surface area contributed by atoms with E-state index in [2.05, 4.69) is 10.6 Å². The van der Waals surface area contributed by atoms with Crippen LogP contribution in [0.25, 0.3) is 0 Å². The van der Waals surface area contributed by atoms with Crippen LogP contribution in [0.4, 0.5) is 10.1 Å². The van der Waals surface area contributed by atoms with Gasteiger partial charge < -0.3 is 15.4 Å². The molecule has 0 saturated carbocycles. The first-order valence-corrected chi connectivity index (χ1v) is 7.95. The predicted octanol–water partition coefficient (Wildman–Crippen LogP) is 1.94. The summed E-state index contributed by atoms with van der Waals surface area (Å²) < 4.78 is 17.6. The topological polar surface area (TPSA) is 102 Å². The van der Waals surface area contributed by atoms with Gasteiger partial charge in [-0.1, -0.05) is 0 Å². The monoisotopic (exact) mass is 372 g/mol. The Bertz CT molecular complexity index is 847. The number of esters is 1. The van der Waals surface area contributed by atoms with Crippen LogP contribution in [0.2, 0.25) is 0 Å². The Morgan fingerprint density at radius 3 is 2.11 bits per heavy atom. The van der Waals surface area contributed by atoms with Gasteiger partial charge in [0.1, 0.15) is 12.4 Å². The molecule has 2 rings (SSSR count). The Morgan fingerprint density at radius 2 is 1.52 bits per heavy atom. The fraction of sp³-hybridized carbons (Fsp3) is 0.158. The summed E-state index contributed by atoms with van der Waals surface area (Å²) in [5, 5.41) is 4.82. The third-order valence-electron chi connectivity index (χ3n) is 3.44. The number of carbonyl (C=O) groups is 4. The number of hydrogen-bond donors (Lipinski definition) is 2. The molecule has 2 aromatic carbocycles. The lowest BCUT2D eigenvalue weighted by Gasteiger charge is -2.08. The maximum atomic E-state index is 12.8. The number of nitrogens with one attached hydrogen (secondary N) is 2. The Labute approximate surface area is 154 Å². The highest BCUT2D eigenvalue weighted by Crippen LogP contribution is 2.10. The van der Waals surface area contributed by atoms with E-state index in [1.165, 1.54) is 19.1 Å². The first-order valence-electron chi connectivity index (χ1n) is 7.95. The molecular weight excluding hydrogens is 355 g/mol.